The van der Waals surface area contributed by atoms with Crippen molar-refractivity contribution in [2.75, 3.05) is 0 Å². The molecular weight excluding hydrogens is 328 g/mol. The molecule has 2 aliphatic rings. The van der Waals surface area contributed by atoms with E-state index in [1.54, 1.807) is 18.3 Å². The Kier molecular flexibility index (Phi) is 5.35. The van der Waals surface area contributed by atoms with Gasteiger partial charge in [0.15, 0.2) is 5.76 Å². The van der Waals surface area contributed by atoms with Crippen molar-refractivity contribution in [3.8, 4) is 0 Å². The van der Waals surface area contributed by atoms with Gasteiger partial charge in [-0.25, -0.2) is 4.98 Å². The van der Waals surface area contributed by atoms with Crippen LogP contribution in [0.4, 0.5) is 0 Å². The molecule has 0 radical (unpaired) electrons. The summed E-state index contributed by atoms with van der Waals surface area (Å²) < 4.78 is 5.98. The highest BCUT2D eigenvalue weighted by molar-refractivity contribution is 5.80. The second-order valence-corrected chi connectivity index (χ2v) is 6.95. The van der Waals surface area contributed by atoms with Crippen LogP contribution in [-0.2, 0) is 4.79 Å². The molecule has 2 aliphatic carbocycles. The molecule has 1 aromatic heterocycles. The van der Waals surface area contributed by atoms with Crippen LogP contribution < -0.4 is 0 Å². The van der Waals surface area contributed by atoms with Crippen molar-refractivity contribution in [2.24, 2.45) is 10.9 Å². The number of allylic oxidation sites excluding steroid dienone is 7. The van der Waals surface area contributed by atoms with Gasteiger partial charge in [0, 0.05) is 17.0 Å². The molecule has 0 aliphatic heterocycles. The van der Waals surface area contributed by atoms with E-state index in [4.69, 9.17) is 9.52 Å². The van der Waals surface area contributed by atoms with Crippen LogP contribution in [0.3, 0.4) is 0 Å². The highest BCUT2D eigenvalue weighted by Crippen LogP contribution is 2.32. The molecule has 3 rings (SSSR count). The second-order valence-electron chi connectivity index (χ2n) is 6.95. The lowest BCUT2D eigenvalue weighted by molar-refractivity contribution is -0.139. The predicted molar refractivity (Wildman–Crippen MR) is 102 cm³/mol. The highest BCUT2D eigenvalue weighted by atomic mass is 16.4. The van der Waals surface area contributed by atoms with E-state index in [9.17, 15) is 4.79 Å². The minimum Gasteiger partial charge on any atom is -0.481 e. The first-order chi connectivity index (χ1) is 12.4. The largest absolute Gasteiger partial charge is 0.481 e. The molecule has 0 aromatic carbocycles. The minimum atomic E-state index is -0.804. The summed E-state index contributed by atoms with van der Waals surface area (Å²) in [5.41, 5.74) is 4.24. The number of rotatable bonds is 4. The smallest absolute Gasteiger partial charge is 0.310 e. The van der Waals surface area contributed by atoms with Crippen LogP contribution in [0.5, 0.6) is 0 Å². The molecule has 0 spiro atoms. The van der Waals surface area contributed by atoms with E-state index in [2.05, 4.69) is 29.1 Å². The first-order valence-corrected chi connectivity index (χ1v) is 8.91. The van der Waals surface area contributed by atoms with E-state index in [0.717, 1.165) is 29.8 Å². The van der Waals surface area contributed by atoms with Crippen molar-refractivity contribution in [3.63, 3.8) is 0 Å². The molecule has 1 aromatic rings. The van der Waals surface area contributed by atoms with Crippen molar-refractivity contribution in [1.82, 2.24) is 4.98 Å². The number of aliphatic carboxylic acids is 1. The van der Waals surface area contributed by atoms with Gasteiger partial charge in [-0.05, 0) is 45.6 Å². The first kappa shape index (κ1) is 18.1. The zero-order valence-electron chi connectivity index (χ0n) is 15.4. The molecule has 0 amide bonds. The molecule has 2 unspecified atom stereocenters. The first-order valence-electron chi connectivity index (χ1n) is 8.91. The number of hydrogen-bond donors (Lipinski definition) is 1. The van der Waals surface area contributed by atoms with Crippen LogP contribution in [0.15, 0.2) is 57.3 Å². The van der Waals surface area contributed by atoms with Gasteiger partial charge in [-0.2, -0.15) is 0 Å². The molecule has 0 bridgehead atoms. The van der Waals surface area contributed by atoms with Gasteiger partial charge in [-0.1, -0.05) is 30.4 Å². The summed E-state index contributed by atoms with van der Waals surface area (Å²) in [5.74, 6) is 0.230. The molecule has 0 saturated heterocycles. The van der Waals surface area contributed by atoms with Gasteiger partial charge >= 0.3 is 5.97 Å². The zero-order chi connectivity index (χ0) is 18.7. The quantitative estimate of drug-likeness (QED) is 0.781. The van der Waals surface area contributed by atoms with Crippen LogP contribution >= 0.6 is 0 Å². The van der Waals surface area contributed by atoms with E-state index in [1.807, 2.05) is 19.9 Å². The summed E-state index contributed by atoms with van der Waals surface area (Å²) >= 11 is 0. The fourth-order valence-corrected chi connectivity index (χ4v) is 3.14. The summed E-state index contributed by atoms with van der Waals surface area (Å²) in [6, 6.07) is 0. The summed E-state index contributed by atoms with van der Waals surface area (Å²) in [4.78, 5) is 20.1. The Morgan fingerprint density at radius 2 is 2.12 bits per heavy atom. The number of oxazole rings is 1. The number of carboxylic acid groups (broad SMARTS) is 1. The molecule has 26 heavy (non-hydrogen) atoms. The average molecular weight is 352 g/mol. The molecule has 0 saturated carbocycles. The molecule has 2 atom stereocenters. The number of carboxylic acids is 1. The van der Waals surface area contributed by atoms with Crippen molar-refractivity contribution in [1.29, 1.82) is 0 Å². The molecule has 136 valence electrons. The number of carbonyl (C=O) groups is 1. The lowest BCUT2D eigenvalue weighted by Gasteiger charge is -2.10. The Morgan fingerprint density at radius 1 is 1.31 bits per heavy atom. The normalized spacial score (nSPS) is 22.8. The Balaban J connectivity index is 1.72. The standard InChI is InChI=1S/C21H24N2O3/c1-13(2)23-18-11-10-16(5-4-14(18)3)20-22-12-19(26-20)15-6-8-17(9-7-15)21(24)25/h4-8,12,16-17H,9-11H2,1-3H3,(H,24,25). The Labute approximate surface area is 153 Å². The Hall–Kier alpha value is -2.69. The van der Waals surface area contributed by atoms with Crippen LogP contribution in [0.1, 0.15) is 57.6 Å². The van der Waals surface area contributed by atoms with E-state index < -0.39 is 11.9 Å². The van der Waals surface area contributed by atoms with Crippen molar-refractivity contribution in [2.45, 2.75) is 46.0 Å². The van der Waals surface area contributed by atoms with Gasteiger partial charge < -0.3 is 9.52 Å². The van der Waals surface area contributed by atoms with Gasteiger partial charge in [-0.3, -0.25) is 9.79 Å². The third kappa shape index (κ3) is 4.10. The maximum Gasteiger partial charge on any atom is 0.310 e. The van der Waals surface area contributed by atoms with Gasteiger partial charge in [0.2, 0.25) is 5.89 Å². The Morgan fingerprint density at radius 3 is 2.77 bits per heavy atom. The number of aromatic nitrogens is 1. The van der Waals surface area contributed by atoms with Crippen molar-refractivity contribution >= 4 is 17.3 Å². The number of nitrogens with zero attached hydrogens (tertiary/aromatic N) is 2. The van der Waals surface area contributed by atoms with Crippen LogP contribution in [-0.4, -0.2) is 21.8 Å². The van der Waals surface area contributed by atoms with Crippen molar-refractivity contribution in [3.05, 3.63) is 59.5 Å². The van der Waals surface area contributed by atoms with Crippen molar-refractivity contribution < 1.29 is 14.3 Å². The van der Waals surface area contributed by atoms with E-state index in [-0.39, 0.29) is 5.92 Å². The summed E-state index contributed by atoms with van der Waals surface area (Å²) in [5, 5.41) is 9.06. The van der Waals surface area contributed by atoms with Crippen LogP contribution in [0.25, 0.3) is 5.57 Å². The third-order valence-electron chi connectivity index (χ3n) is 4.63. The molecule has 1 heterocycles. The number of hydrogen-bond acceptors (Lipinski definition) is 4. The van der Waals surface area contributed by atoms with Gasteiger partial charge in [0.1, 0.15) is 0 Å². The van der Waals surface area contributed by atoms with E-state index >= 15 is 0 Å². The Bertz CT molecular complexity index is 848. The van der Waals surface area contributed by atoms with Gasteiger partial charge in [0.05, 0.1) is 18.0 Å². The van der Waals surface area contributed by atoms with Gasteiger partial charge in [0.25, 0.3) is 0 Å². The predicted octanol–water partition coefficient (Wildman–Crippen LogP) is 4.91. The van der Waals surface area contributed by atoms with E-state index in [0.29, 0.717) is 18.1 Å². The SMILES string of the molecule is CC(C)=NC1=C(C)C=CC(c2ncc(C3=CCC(C(=O)O)C=C3)o2)CC1. The monoisotopic (exact) mass is 352 g/mol. The second kappa shape index (κ2) is 7.68. The fourth-order valence-electron chi connectivity index (χ4n) is 3.14. The van der Waals surface area contributed by atoms with Gasteiger partial charge in [-0.15, -0.1) is 0 Å². The third-order valence-corrected chi connectivity index (χ3v) is 4.63. The van der Waals surface area contributed by atoms with Crippen LogP contribution in [0.2, 0.25) is 0 Å². The summed E-state index contributed by atoms with van der Waals surface area (Å²) in [7, 11) is 0. The molecule has 5 heteroatoms. The molecule has 1 N–H and O–H groups in total. The lowest BCUT2D eigenvalue weighted by atomic mass is 9.96. The van der Waals surface area contributed by atoms with E-state index in [1.165, 1.54) is 5.57 Å². The fraction of sp³-hybridized carbons (Fsp3) is 0.381. The molecule has 5 nitrogen and oxygen atoms in total. The molecule has 0 fully saturated rings. The zero-order valence-corrected chi connectivity index (χ0v) is 15.4. The maximum absolute atomic E-state index is 11.0. The minimum absolute atomic E-state index is 0.114. The highest BCUT2D eigenvalue weighted by Gasteiger charge is 2.21. The lowest BCUT2D eigenvalue weighted by Crippen LogP contribution is -2.11. The summed E-state index contributed by atoms with van der Waals surface area (Å²) in [6.07, 6.45) is 13.6. The maximum atomic E-state index is 11.0. The van der Waals surface area contributed by atoms with Crippen LogP contribution in [0, 0.1) is 5.92 Å². The molecular formula is C21H24N2O3. The average Bonchev–Trinajstić information content (AvgIpc) is 3.03. The topological polar surface area (TPSA) is 75.7 Å². The summed E-state index contributed by atoms with van der Waals surface area (Å²) in [6.45, 7) is 6.10. The number of aliphatic imine (C=N–C) groups is 1.